The van der Waals surface area contributed by atoms with Crippen molar-refractivity contribution in [3.63, 3.8) is 0 Å². The van der Waals surface area contributed by atoms with Crippen LogP contribution >= 0.6 is 0 Å². The van der Waals surface area contributed by atoms with Gasteiger partial charge < -0.3 is 24.2 Å². The van der Waals surface area contributed by atoms with Crippen molar-refractivity contribution in [1.29, 1.82) is 0 Å². The van der Waals surface area contributed by atoms with E-state index < -0.39 is 5.60 Å². The molecule has 0 radical (unpaired) electrons. The molecule has 0 aromatic rings. The Labute approximate surface area is 187 Å². The highest BCUT2D eigenvalue weighted by Crippen LogP contribution is 2.48. The smallest absolute Gasteiger partial charge is 0.410 e. The van der Waals surface area contributed by atoms with Crippen LogP contribution in [0.3, 0.4) is 0 Å². The molecular weight excluding hydrogens is 394 g/mol. The lowest BCUT2D eigenvalue weighted by Gasteiger charge is -2.48. The van der Waals surface area contributed by atoms with Crippen LogP contribution in [0.4, 0.5) is 9.59 Å². The number of nitrogens with zero attached hydrogens (tertiary/aromatic N) is 3. The fraction of sp³-hybridized carbons (Fsp3) is 0.917. The van der Waals surface area contributed by atoms with Gasteiger partial charge in [0.2, 0.25) is 0 Å². The van der Waals surface area contributed by atoms with Crippen LogP contribution in [0, 0.1) is 11.3 Å². The molecule has 4 aliphatic rings. The molecule has 1 unspecified atom stereocenters. The Morgan fingerprint density at radius 1 is 1.00 bits per heavy atom. The number of hydrogen-bond donors (Lipinski definition) is 0. The third-order valence-electron chi connectivity index (χ3n) is 7.82. The van der Waals surface area contributed by atoms with E-state index in [-0.39, 0.29) is 12.2 Å². The summed E-state index contributed by atoms with van der Waals surface area (Å²) in [6, 6.07) is 0.993. The van der Waals surface area contributed by atoms with Crippen LogP contribution in [-0.4, -0.2) is 83.9 Å². The first-order chi connectivity index (χ1) is 14.7. The second-order valence-corrected chi connectivity index (χ2v) is 11.2. The standard InChI is InChI=1S/C24H41N3O4/c1-5-30-21(28)26-16-24(17-26)11-8-19(15-24)25-13-9-18(10-14-25)20-7-6-12-27(20)22(29)31-23(2,3)4/h18-20H,5-17H2,1-4H3/t19?,20-/m0/s1. The van der Waals surface area contributed by atoms with Gasteiger partial charge in [-0.2, -0.15) is 0 Å². The zero-order chi connectivity index (χ0) is 22.2. The molecule has 2 atom stereocenters. The lowest BCUT2D eigenvalue weighted by molar-refractivity contribution is -0.00562. The molecule has 3 aliphatic heterocycles. The number of hydrogen-bond acceptors (Lipinski definition) is 5. The number of ether oxygens (including phenoxy) is 2. The first-order valence-electron chi connectivity index (χ1n) is 12.3. The van der Waals surface area contributed by atoms with Gasteiger partial charge in [-0.1, -0.05) is 0 Å². The first-order valence-corrected chi connectivity index (χ1v) is 12.3. The second-order valence-electron chi connectivity index (χ2n) is 11.2. The van der Waals surface area contributed by atoms with Crippen LogP contribution < -0.4 is 0 Å². The Morgan fingerprint density at radius 2 is 1.71 bits per heavy atom. The third-order valence-corrected chi connectivity index (χ3v) is 7.82. The van der Waals surface area contributed by atoms with E-state index in [1.807, 2.05) is 37.5 Å². The molecule has 4 rings (SSSR count). The molecule has 0 N–H and O–H groups in total. The maximum absolute atomic E-state index is 12.7. The van der Waals surface area contributed by atoms with Crippen molar-refractivity contribution in [2.75, 3.05) is 39.3 Å². The van der Waals surface area contributed by atoms with E-state index in [4.69, 9.17) is 9.47 Å². The zero-order valence-electron chi connectivity index (χ0n) is 19.9. The normalized spacial score (nSPS) is 29.3. The Balaban J connectivity index is 1.24. The summed E-state index contributed by atoms with van der Waals surface area (Å²) >= 11 is 0. The molecule has 2 amide bonds. The molecule has 176 valence electrons. The zero-order valence-corrected chi connectivity index (χ0v) is 19.9. The minimum absolute atomic E-state index is 0.133. The van der Waals surface area contributed by atoms with E-state index in [0.29, 0.717) is 30.0 Å². The predicted octanol–water partition coefficient (Wildman–Crippen LogP) is 4.11. The van der Waals surface area contributed by atoms with Crippen molar-refractivity contribution in [2.24, 2.45) is 11.3 Å². The van der Waals surface area contributed by atoms with E-state index in [1.165, 1.54) is 32.1 Å². The summed E-state index contributed by atoms with van der Waals surface area (Å²) in [5.41, 5.74) is -0.107. The molecule has 31 heavy (non-hydrogen) atoms. The Kier molecular flexibility index (Phi) is 6.44. The molecule has 4 fully saturated rings. The molecule has 0 aromatic carbocycles. The quantitative estimate of drug-likeness (QED) is 0.668. The van der Waals surface area contributed by atoms with Crippen LogP contribution in [0.25, 0.3) is 0 Å². The van der Waals surface area contributed by atoms with Crippen LogP contribution in [0.2, 0.25) is 0 Å². The Bertz CT molecular complexity index is 662. The molecule has 3 saturated heterocycles. The van der Waals surface area contributed by atoms with Crippen LogP contribution in [0.1, 0.15) is 72.6 Å². The van der Waals surface area contributed by atoms with Gasteiger partial charge in [0.05, 0.1) is 6.61 Å². The summed E-state index contributed by atoms with van der Waals surface area (Å²) in [6.07, 6.45) is 7.94. The maximum Gasteiger partial charge on any atom is 0.410 e. The van der Waals surface area contributed by atoms with Gasteiger partial charge in [0.25, 0.3) is 0 Å². The van der Waals surface area contributed by atoms with Crippen LogP contribution in [0.5, 0.6) is 0 Å². The predicted molar refractivity (Wildman–Crippen MR) is 119 cm³/mol. The number of carbonyl (C=O) groups excluding carboxylic acids is 2. The summed E-state index contributed by atoms with van der Waals surface area (Å²) in [7, 11) is 0. The lowest BCUT2D eigenvalue weighted by atomic mass is 9.78. The topological polar surface area (TPSA) is 62.3 Å². The van der Waals surface area contributed by atoms with Crippen LogP contribution in [0.15, 0.2) is 0 Å². The molecular formula is C24H41N3O4. The molecule has 0 aromatic heterocycles. The van der Waals surface area contributed by atoms with Crippen molar-refractivity contribution in [1.82, 2.24) is 14.7 Å². The number of likely N-dealkylation sites (tertiary alicyclic amines) is 3. The van der Waals surface area contributed by atoms with Gasteiger partial charge in [0, 0.05) is 37.1 Å². The molecule has 7 heteroatoms. The van der Waals surface area contributed by atoms with E-state index in [1.54, 1.807) is 0 Å². The number of carbonyl (C=O) groups is 2. The molecule has 1 spiro atoms. The summed E-state index contributed by atoms with van der Waals surface area (Å²) in [6.45, 7) is 13.0. The highest BCUT2D eigenvalue weighted by atomic mass is 16.6. The van der Waals surface area contributed by atoms with E-state index >= 15 is 0 Å². The fourth-order valence-electron chi connectivity index (χ4n) is 6.38. The Hall–Kier alpha value is -1.50. The minimum Gasteiger partial charge on any atom is -0.450 e. The number of amides is 2. The molecule has 1 saturated carbocycles. The van der Waals surface area contributed by atoms with Crippen LogP contribution in [-0.2, 0) is 9.47 Å². The molecule has 0 bridgehead atoms. The fourth-order valence-corrected chi connectivity index (χ4v) is 6.38. The summed E-state index contributed by atoms with van der Waals surface area (Å²) in [5, 5.41) is 0. The lowest BCUT2D eigenvalue weighted by Crippen LogP contribution is -2.58. The Morgan fingerprint density at radius 3 is 2.35 bits per heavy atom. The SMILES string of the molecule is CCOC(=O)N1CC2(CCC(N3CCC([C@@H]4CCCN4C(=O)OC(C)(C)C)CC3)C2)C1. The van der Waals surface area contributed by atoms with Gasteiger partial charge in [-0.3, -0.25) is 0 Å². The first kappa shape index (κ1) is 22.7. The number of rotatable bonds is 3. The van der Waals surface area contributed by atoms with E-state index in [2.05, 4.69) is 4.90 Å². The van der Waals surface area contributed by atoms with Gasteiger partial charge >= 0.3 is 12.2 Å². The van der Waals surface area contributed by atoms with Crippen molar-refractivity contribution in [3.05, 3.63) is 0 Å². The molecule has 1 aliphatic carbocycles. The number of piperidine rings is 1. The van der Waals surface area contributed by atoms with E-state index in [9.17, 15) is 9.59 Å². The van der Waals surface area contributed by atoms with Crippen molar-refractivity contribution in [2.45, 2.75) is 90.3 Å². The largest absolute Gasteiger partial charge is 0.450 e. The van der Waals surface area contributed by atoms with Gasteiger partial charge in [-0.15, -0.1) is 0 Å². The summed E-state index contributed by atoms with van der Waals surface area (Å²) in [5.74, 6) is 0.588. The highest BCUT2D eigenvalue weighted by Gasteiger charge is 2.51. The third kappa shape index (κ3) is 4.96. The van der Waals surface area contributed by atoms with E-state index in [0.717, 1.165) is 45.6 Å². The van der Waals surface area contributed by atoms with Gasteiger partial charge in [0.1, 0.15) is 5.60 Å². The van der Waals surface area contributed by atoms with Crippen molar-refractivity contribution in [3.8, 4) is 0 Å². The maximum atomic E-state index is 12.7. The van der Waals surface area contributed by atoms with Gasteiger partial charge in [-0.25, -0.2) is 9.59 Å². The summed E-state index contributed by atoms with van der Waals surface area (Å²) in [4.78, 5) is 31.1. The molecule has 3 heterocycles. The monoisotopic (exact) mass is 435 g/mol. The van der Waals surface area contributed by atoms with Crippen molar-refractivity contribution >= 4 is 12.2 Å². The van der Waals surface area contributed by atoms with Gasteiger partial charge in [-0.05, 0) is 91.6 Å². The highest BCUT2D eigenvalue weighted by molar-refractivity contribution is 5.69. The summed E-state index contributed by atoms with van der Waals surface area (Å²) < 4.78 is 10.8. The average molecular weight is 436 g/mol. The second kappa shape index (κ2) is 8.80. The van der Waals surface area contributed by atoms with Gasteiger partial charge in [0.15, 0.2) is 0 Å². The minimum atomic E-state index is -0.434. The molecule has 7 nitrogen and oxygen atoms in total. The van der Waals surface area contributed by atoms with Crippen molar-refractivity contribution < 1.29 is 19.1 Å². The average Bonchev–Trinajstić information content (AvgIpc) is 3.33.